The van der Waals surface area contributed by atoms with Gasteiger partial charge in [0.25, 0.3) is 0 Å². The predicted octanol–water partition coefficient (Wildman–Crippen LogP) is 2.97. The zero-order valence-electron chi connectivity index (χ0n) is 17.8. The fourth-order valence-corrected chi connectivity index (χ4v) is 3.65. The zero-order chi connectivity index (χ0) is 23.3. The molecule has 0 bridgehead atoms. The first-order chi connectivity index (χ1) is 15.1. The molecule has 1 fully saturated rings. The summed E-state index contributed by atoms with van der Waals surface area (Å²) in [5, 5.41) is 14.4. The summed E-state index contributed by atoms with van der Waals surface area (Å²) in [6.07, 6.45) is 0.148. The van der Waals surface area contributed by atoms with Crippen LogP contribution in [0.1, 0.15) is 36.4 Å². The van der Waals surface area contributed by atoms with Gasteiger partial charge < -0.3 is 19.5 Å². The standard InChI is InChI=1S/C19H26N4O2.C2HF3O2/c1-14-7-17(21-25-14)12-22-10-16(8-19(24)20-9-15-4-5-15)11-23-6-2-3-18(23)13-22;3-2(4,5)1(6)7/h2-3,6-7,15-16H,4-5,8-13H2,1H3,(H,20,24);(H,6,7). The average molecular weight is 456 g/mol. The highest BCUT2D eigenvalue weighted by molar-refractivity contribution is 5.76. The van der Waals surface area contributed by atoms with Gasteiger partial charge in [0.2, 0.25) is 5.91 Å². The van der Waals surface area contributed by atoms with Crippen molar-refractivity contribution in [1.29, 1.82) is 0 Å². The van der Waals surface area contributed by atoms with Crippen LogP contribution in [0.2, 0.25) is 0 Å². The summed E-state index contributed by atoms with van der Waals surface area (Å²) in [7, 11) is 0. The molecule has 0 saturated heterocycles. The van der Waals surface area contributed by atoms with E-state index in [1.54, 1.807) is 0 Å². The van der Waals surface area contributed by atoms with E-state index in [4.69, 9.17) is 14.4 Å². The van der Waals surface area contributed by atoms with Crippen molar-refractivity contribution in [3.63, 3.8) is 0 Å². The molecule has 1 unspecified atom stereocenters. The number of aliphatic carboxylic acids is 1. The normalized spacial score (nSPS) is 18.8. The molecule has 2 aromatic rings. The second kappa shape index (κ2) is 10.2. The maximum absolute atomic E-state index is 12.3. The Labute approximate surface area is 183 Å². The molecule has 11 heteroatoms. The quantitative estimate of drug-likeness (QED) is 0.693. The van der Waals surface area contributed by atoms with Crippen molar-refractivity contribution in [2.45, 2.75) is 52.0 Å². The molecule has 176 valence electrons. The van der Waals surface area contributed by atoms with Crippen LogP contribution in [0.3, 0.4) is 0 Å². The number of aromatic nitrogens is 2. The van der Waals surface area contributed by atoms with E-state index in [1.165, 1.54) is 18.5 Å². The second-order valence-electron chi connectivity index (χ2n) is 8.37. The van der Waals surface area contributed by atoms with Gasteiger partial charge in [-0.3, -0.25) is 9.69 Å². The molecule has 0 aromatic carbocycles. The number of nitrogens with zero attached hydrogens (tertiary/aromatic N) is 3. The predicted molar refractivity (Wildman–Crippen MR) is 107 cm³/mol. The van der Waals surface area contributed by atoms with Crippen LogP contribution in [0.4, 0.5) is 13.2 Å². The molecule has 2 aromatic heterocycles. The van der Waals surface area contributed by atoms with Gasteiger partial charge in [0.1, 0.15) is 5.76 Å². The van der Waals surface area contributed by atoms with Gasteiger partial charge in [0, 0.05) is 57.1 Å². The van der Waals surface area contributed by atoms with Crippen molar-refractivity contribution in [2.24, 2.45) is 11.8 Å². The smallest absolute Gasteiger partial charge is 0.475 e. The summed E-state index contributed by atoms with van der Waals surface area (Å²) in [6.45, 7) is 6.18. The number of carbonyl (C=O) groups excluding carboxylic acids is 1. The molecule has 1 aliphatic heterocycles. The van der Waals surface area contributed by atoms with Crippen LogP contribution in [-0.4, -0.2) is 50.9 Å². The van der Waals surface area contributed by atoms with E-state index in [0.29, 0.717) is 12.3 Å². The molecule has 0 radical (unpaired) electrons. The van der Waals surface area contributed by atoms with Crippen LogP contribution in [-0.2, 0) is 29.2 Å². The van der Waals surface area contributed by atoms with E-state index in [0.717, 1.165) is 50.1 Å². The van der Waals surface area contributed by atoms with Crippen LogP contribution in [0.25, 0.3) is 0 Å². The van der Waals surface area contributed by atoms with Gasteiger partial charge in [0.15, 0.2) is 0 Å². The van der Waals surface area contributed by atoms with E-state index < -0.39 is 12.1 Å². The first kappa shape index (κ1) is 23.8. The number of hydrogen-bond donors (Lipinski definition) is 2. The molecule has 1 atom stereocenters. The van der Waals surface area contributed by atoms with Gasteiger partial charge in [-0.25, -0.2) is 4.79 Å². The second-order valence-corrected chi connectivity index (χ2v) is 8.37. The molecule has 2 N–H and O–H groups in total. The van der Waals surface area contributed by atoms with Crippen LogP contribution in [0.5, 0.6) is 0 Å². The summed E-state index contributed by atoms with van der Waals surface area (Å²) in [5.41, 5.74) is 2.25. The molecule has 4 rings (SSSR count). The zero-order valence-corrected chi connectivity index (χ0v) is 17.8. The summed E-state index contributed by atoms with van der Waals surface area (Å²) in [4.78, 5) is 23.6. The summed E-state index contributed by atoms with van der Waals surface area (Å²) < 4.78 is 39.2. The third-order valence-corrected chi connectivity index (χ3v) is 5.34. The Balaban J connectivity index is 0.000000360. The SMILES string of the molecule is Cc1cc(CN2Cc3cccn3CC(CC(=O)NCC3CC3)C2)no1.O=C(O)C(F)(F)F. The first-order valence-corrected chi connectivity index (χ1v) is 10.5. The van der Waals surface area contributed by atoms with Crippen molar-refractivity contribution < 1.29 is 32.4 Å². The third kappa shape index (κ3) is 7.40. The third-order valence-electron chi connectivity index (χ3n) is 5.34. The minimum absolute atomic E-state index is 0.185. The van der Waals surface area contributed by atoms with Crippen LogP contribution < -0.4 is 5.32 Å². The van der Waals surface area contributed by atoms with Crippen molar-refractivity contribution >= 4 is 11.9 Å². The summed E-state index contributed by atoms with van der Waals surface area (Å²) in [6, 6.07) is 6.24. The van der Waals surface area contributed by atoms with Crippen LogP contribution in [0, 0.1) is 18.8 Å². The van der Waals surface area contributed by atoms with Crippen molar-refractivity contribution in [2.75, 3.05) is 13.1 Å². The number of carboxylic acid groups (broad SMARTS) is 1. The summed E-state index contributed by atoms with van der Waals surface area (Å²) >= 11 is 0. The number of hydrogen-bond acceptors (Lipinski definition) is 5. The lowest BCUT2D eigenvalue weighted by Crippen LogP contribution is -2.33. The monoisotopic (exact) mass is 456 g/mol. The number of aryl methyl sites for hydroxylation is 1. The van der Waals surface area contributed by atoms with Crippen LogP contribution in [0.15, 0.2) is 28.9 Å². The van der Waals surface area contributed by atoms with Gasteiger partial charge in [-0.05, 0) is 43.7 Å². The van der Waals surface area contributed by atoms with E-state index in [2.05, 4.69) is 38.3 Å². The van der Waals surface area contributed by atoms with Gasteiger partial charge in [-0.15, -0.1) is 0 Å². The largest absolute Gasteiger partial charge is 0.490 e. The van der Waals surface area contributed by atoms with Crippen molar-refractivity contribution in [1.82, 2.24) is 19.9 Å². The minimum atomic E-state index is -5.08. The van der Waals surface area contributed by atoms with E-state index >= 15 is 0 Å². The maximum Gasteiger partial charge on any atom is 0.490 e. The number of carbonyl (C=O) groups is 2. The highest BCUT2D eigenvalue weighted by atomic mass is 19.4. The highest BCUT2D eigenvalue weighted by Gasteiger charge is 2.38. The number of nitrogens with one attached hydrogen (secondary N) is 1. The van der Waals surface area contributed by atoms with Gasteiger partial charge in [-0.1, -0.05) is 5.16 Å². The topological polar surface area (TPSA) is 101 Å². The molecule has 1 saturated carbocycles. The fraction of sp³-hybridized carbons (Fsp3) is 0.571. The van der Waals surface area contributed by atoms with E-state index in [1.807, 2.05) is 13.0 Å². The molecule has 1 aliphatic carbocycles. The Morgan fingerprint density at radius 2 is 2.00 bits per heavy atom. The minimum Gasteiger partial charge on any atom is -0.475 e. The number of amides is 1. The maximum atomic E-state index is 12.3. The molecule has 3 heterocycles. The van der Waals surface area contributed by atoms with Crippen molar-refractivity contribution in [3.8, 4) is 0 Å². The average Bonchev–Trinajstić information content (AvgIpc) is 3.35. The molecule has 32 heavy (non-hydrogen) atoms. The van der Waals surface area contributed by atoms with E-state index in [9.17, 15) is 18.0 Å². The molecular formula is C21H27F3N4O4. The Hall–Kier alpha value is -2.82. The highest BCUT2D eigenvalue weighted by Crippen LogP contribution is 2.27. The van der Waals surface area contributed by atoms with Crippen molar-refractivity contribution in [3.05, 3.63) is 41.5 Å². The van der Waals surface area contributed by atoms with Gasteiger partial charge in [-0.2, -0.15) is 13.2 Å². The first-order valence-electron chi connectivity index (χ1n) is 10.5. The Morgan fingerprint density at radius 3 is 2.59 bits per heavy atom. The van der Waals surface area contributed by atoms with Crippen LogP contribution >= 0.6 is 0 Å². The number of carboxylic acids is 1. The molecule has 2 aliphatic rings. The molecule has 1 amide bonds. The number of fused-ring (bicyclic) bond motifs is 1. The van der Waals surface area contributed by atoms with Gasteiger partial charge in [0.05, 0.1) is 5.69 Å². The Bertz CT molecular complexity index is 920. The van der Waals surface area contributed by atoms with E-state index in [-0.39, 0.29) is 5.91 Å². The lowest BCUT2D eigenvalue weighted by molar-refractivity contribution is -0.192. The van der Waals surface area contributed by atoms with Gasteiger partial charge >= 0.3 is 12.1 Å². The lowest BCUT2D eigenvalue weighted by Gasteiger charge is -2.22. The molecule has 0 spiro atoms. The summed E-state index contributed by atoms with van der Waals surface area (Å²) in [5.74, 6) is -0.705. The Morgan fingerprint density at radius 1 is 1.28 bits per heavy atom. The number of halogens is 3. The number of rotatable bonds is 6. The fourth-order valence-electron chi connectivity index (χ4n) is 3.65. The molecule has 8 nitrogen and oxygen atoms in total. The lowest BCUT2D eigenvalue weighted by atomic mass is 10.0. The number of alkyl halides is 3. The Kier molecular flexibility index (Phi) is 7.60. The molecular weight excluding hydrogens is 429 g/mol.